The van der Waals surface area contributed by atoms with Gasteiger partial charge in [0.1, 0.15) is 0 Å². The van der Waals surface area contributed by atoms with Gasteiger partial charge in [-0.1, -0.05) is 24.3 Å². The van der Waals surface area contributed by atoms with E-state index in [9.17, 15) is 21.6 Å². The van der Waals surface area contributed by atoms with E-state index in [2.05, 4.69) is 10.0 Å². The number of carbonyl (C=O) groups is 1. The summed E-state index contributed by atoms with van der Waals surface area (Å²) in [5.41, 5.74) is 1.45. The van der Waals surface area contributed by atoms with E-state index in [1.807, 2.05) is 0 Å². The van der Waals surface area contributed by atoms with E-state index >= 15 is 0 Å². The summed E-state index contributed by atoms with van der Waals surface area (Å²) in [5.74, 6) is -0.208. The van der Waals surface area contributed by atoms with Crippen LogP contribution in [0.2, 0.25) is 0 Å². The second-order valence-electron chi connectivity index (χ2n) is 6.26. The molecule has 1 unspecified atom stereocenters. The number of hydrogen-bond acceptors (Lipinski definition) is 5. The lowest BCUT2D eigenvalue weighted by Gasteiger charge is -2.15. The fraction of sp³-hybridized carbons (Fsp3) is 0.278. The summed E-state index contributed by atoms with van der Waals surface area (Å²) in [5, 5.41) is 7.94. The summed E-state index contributed by atoms with van der Waals surface area (Å²) in [6, 6.07) is 12.0. The highest BCUT2D eigenvalue weighted by atomic mass is 32.2. The number of nitrogens with two attached hydrogens (primary N) is 1. The van der Waals surface area contributed by atoms with Gasteiger partial charge in [-0.2, -0.15) is 0 Å². The molecule has 0 aliphatic carbocycles. The van der Waals surface area contributed by atoms with Crippen molar-refractivity contribution in [3.05, 3.63) is 59.7 Å². The third-order valence-electron chi connectivity index (χ3n) is 4.21. The molecule has 0 saturated carbocycles. The first kappa shape index (κ1) is 22.0. The second kappa shape index (κ2) is 8.82. The number of aryl methyl sites for hydroxylation is 1. The lowest BCUT2D eigenvalue weighted by atomic mass is 10.1. The van der Waals surface area contributed by atoms with Gasteiger partial charge in [-0.3, -0.25) is 4.79 Å². The third-order valence-corrected chi connectivity index (χ3v) is 6.55. The van der Waals surface area contributed by atoms with E-state index in [1.54, 1.807) is 31.2 Å². The fourth-order valence-corrected chi connectivity index (χ4v) is 3.87. The Bertz CT molecular complexity index is 1050. The first-order chi connectivity index (χ1) is 13.0. The van der Waals surface area contributed by atoms with Gasteiger partial charge in [-0.25, -0.2) is 26.7 Å². The summed E-state index contributed by atoms with van der Waals surface area (Å²) in [4.78, 5) is 12.3. The number of amides is 1. The van der Waals surface area contributed by atoms with Gasteiger partial charge in [0.2, 0.25) is 26.0 Å². The zero-order valence-corrected chi connectivity index (χ0v) is 17.2. The smallest absolute Gasteiger partial charge is 0.240 e. The van der Waals surface area contributed by atoms with Crippen LogP contribution in [0.1, 0.15) is 30.5 Å². The molecule has 10 heteroatoms. The average Bonchev–Trinajstić information content (AvgIpc) is 2.66. The van der Waals surface area contributed by atoms with E-state index in [4.69, 9.17) is 5.14 Å². The van der Waals surface area contributed by atoms with Gasteiger partial charge in [0.15, 0.2) is 0 Å². The Labute approximate surface area is 165 Å². The van der Waals surface area contributed by atoms with E-state index in [0.717, 1.165) is 5.56 Å². The maximum absolute atomic E-state index is 12.2. The van der Waals surface area contributed by atoms with Crippen LogP contribution in [0.3, 0.4) is 0 Å². The van der Waals surface area contributed by atoms with Crippen molar-refractivity contribution in [2.75, 3.05) is 7.05 Å². The highest BCUT2D eigenvalue weighted by molar-refractivity contribution is 7.89. The predicted octanol–water partition coefficient (Wildman–Crippen LogP) is 1.05. The first-order valence-electron chi connectivity index (χ1n) is 8.47. The molecule has 2 aromatic carbocycles. The third kappa shape index (κ3) is 5.86. The molecule has 0 heterocycles. The van der Waals surface area contributed by atoms with Crippen LogP contribution in [0.25, 0.3) is 0 Å². The van der Waals surface area contributed by atoms with Gasteiger partial charge >= 0.3 is 0 Å². The van der Waals surface area contributed by atoms with Crippen molar-refractivity contribution < 1.29 is 21.6 Å². The minimum absolute atomic E-state index is 0.0114. The van der Waals surface area contributed by atoms with Crippen molar-refractivity contribution in [2.24, 2.45) is 5.14 Å². The van der Waals surface area contributed by atoms with Crippen LogP contribution in [0.15, 0.2) is 58.3 Å². The van der Waals surface area contributed by atoms with Crippen molar-refractivity contribution in [1.29, 1.82) is 0 Å². The molecule has 0 aromatic heterocycles. The zero-order valence-electron chi connectivity index (χ0n) is 15.5. The maximum atomic E-state index is 12.2. The number of rotatable bonds is 8. The van der Waals surface area contributed by atoms with Crippen LogP contribution in [0, 0.1) is 0 Å². The zero-order chi connectivity index (χ0) is 20.9. The molecule has 2 rings (SSSR count). The second-order valence-corrected chi connectivity index (χ2v) is 9.71. The number of sulfonamides is 2. The van der Waals surface area contributed by atoms with Gasteiger partial charge in [-0.05, 0) is 55.8 Å². The van der Waals surface area contributed by atoms with Gasteiger partial charge in [-0.15, -0.1) is 0 Å². The molecule has 8 nitrogen and oxygen atoms in total. The molecule has 0 bridgehead atoms. The minimum atomic E-state index is -3.81. The number of carbonyl (C=O) groups excluding carboxylic acids is 1. The number of primary sulfonamides is 1. The molecular formula is C18H23N3O5S2. The highest BCUT2D eigenvalue weighted by Gasteiger charge is 2.14. The quantitative estimate of drug-likeness (QED) is 0.581. The largest absolute Gasteiger partial charge is 0.350 e. The molecule has 28 heavy (non-hydrogen) atoms. The first-order valence-corrected chi connectivity index (χ1v) is 11.5. The Morgan fingerprint density at radius 3 is 2.25 bits per heavy atom. The molecule has 2 aromatic rings. The maximum Gasteiger partial charge on any atom is 0.240 e. The van der Waals surface area contributed by atoms with E-state index in [1.165, 1.54) is 31.3 Å². The Kier molecular flexibility index (Phi) is 6.94. The van der Waals surface area contributed by atoms with Crippen LogP contribution in [-0.2, 0) is 31.3 Å². The van der Waals surface area contributed by atoms with Crippen molar-refractivity contribution >= 4 is 26.0 Å². The topological polar surface area (TPSA) is 135 Å². The van der Waals surface area contributed by atoms with Crippen molar-refractivity contribution in [2.45, 2.75) is 35.6 Å². The summed E-state index contributed by atoms with van der Waals surface area (Å²) in [6.07, 6.45) is 0.646. The molecule has 0 spiro atoms. The average molecular weight is 426 g/mol. The highest BCUT2D eigenvalue weighted by Crippen LogP contribution is 2.17. The predicted molar refractivity (Wildman–Crippen MR) is 105 cm³/mol. The summed E-state index contributed by atoms with van der Waals surface area (Å²) < 4.78 is 48.5. The van der Waals surface area contributed by atoms with Crippen molar-refractivity contribution in [3.8, 4) is 0 Å². The number of hydrogen-bond donors (Lipinski definition) is 3. The summed E-state index contributed by atoms with van der Waals surface area (Å²) >= 11 is 0. The summed E-state index contributed by atoms with van der Waals surface area (Å²) in [6.45, 7) is 1.75. The Morgan fingerprint density at radius 1 is 1.04 bits per heavy atom. The Balaban J connectivity index is 1.95. The van der Waals surface area contributed by atoms with Gasteiger partial charge < -0.3 is 5.32 Å². The van der Waals surface area contributed by atoms with Crippen LogP contribution in [0.4, 0.5) is 0 Å². The monoisotopic (exact) mass is 425 g/mol. The van der Waals surface area contributed by atoms with Crippen LogP contribution in [0.5, 0.6) is 0 Å². The minimum Gasteiger partial charge on any atom is -0.350 e. The molecule has 4 N–H and O–H groups in total. The lowest BCUT2D eigenvalue weighted by molar-refractivity contribution is -0.121. The van der Waals surface area contributed by atoms with E-state index in [0.29, 0.717) is 12.0 Å². The van der Waals surface area contributed by atoms with Gasteiger partial charge in [0.25, 0.3) is 0 Å². The molecule has 0 aliphatic rings. The molecule has 0 fully saturated rings. The SMILES string of the molecule is CNS(=O)(=O)c1ccc(CCC(=O)NC(C)c2cccc(S(N)(=O)=O)c2)cc1. The van der Waals surface area contributed by atoms with Crippen LogP contribution >= 0.6 is 0 Å². The molecule has 0 saturated heterocycles. The normalized spacial score (nSPS) is 13.1. The summed E-state index contributed by atoms with van der Waals surface area (Å²) in [7, 11) is -5.96. The fourth-order valence-electron chi connectivity index (χ4n) is 2.57. The molecule has 0 radical (unpaired) electrons. The number of nitrogens with one attached hydrogen (secondary N) is 2. The Morgan fingerprint density at radius 2 is 1.68 bits per heavy atom. The van der Waals surface area contributed by atoms with E-state index in [-0.39, 0.29) is 22.1 Å². The molecule has 1 amide bonds. The van der Waals surface area contributed by atoms with Crippen LogP contribution in [-0.4, -0.2) is 29.8 Å². The van der Waals surface area contributed by atoms with Gasteiger partial charge in [0, 0.05) is 6.42 Å². The van der Waals surface area contributed by atoms with Gasteiger partial charge in [0.05, 0.1) is 15.8 Å². The van der Waals surface area contributed by atoms with E-state index < -0.39 is 26.1 Å². The number of benzene rings is 2. The molecule has 0 aliphatic heterocycles. The van der Waals surface area contributed by atoms with Crippen LogP contribution < -0.4 is 15.2 Å². The Hall–Kier alpha value is -2.27. The lowest BCUT2D eigenvalue weighted by Crippen LogP contribution is -2.27. The van der Waals surface area contributed by atoms with Crippen molar-refractivity contribution in [3.63, 3.8) is 0 Å². The molecule has 1 atom stereocenters. The van der Waals surface area contributed by atoms with Crippen molar-refractivity contribution in [1.82, 2.24) is 10.0 Å². The standard InChI is InChI=1S/C18H23N3O5S2/c1-13(15-4-3-5-17(12-15)27(19,23)24)21-18(22)11-8-14-6-9-16(10-7-14)28(25,26)20-2/h3-7,9-10,12-13,20H,8,11H2,1-2H3,(H,21,22)(H2,19,23,24). The molecular weight excluding hydrogens is 402 g/mol. The molecule has 152 valence electrons.